The first kappa shape index (κ1) is 44.6. The summed E-state index contributed by atoms with van der Waals surface area (Å²) in [7, 11) is -5.51. The molecule has 9 heteroatoms. The molecule has 0 unspecified atom stereocenters. The Morgan fingerprint density at radius 2 is 0.898 bits per heavy atom. The molecule has 1 saturated heterocycles. The van der Waals surface area contributed by atoms with E-state index in [2.05, 4.69) is 125 Å². The SMILES string of the molecule is COc1ccc([C@@H]2O[C@H](CO[Si](C(C)C)(C(C)C)C(C)C)[C@@H](O[Si](C(C)C)(C(C)C)C(C)C)[C@H](O[Si](C(C)C)(C(C)C)C(C)C)[C@H]2O)cc1. The molecule has 49 heavy (non-hydrogen) atoms. The van der Waals surface area contributed by atoms with Crippen LogP contribution >= 0.6 is 0 Å². The maximum absolute atomic E-state index is 12.7. The molecule has 2 rings (SSSR count). The largest absolute Gasteiger partial charge is 0.497 e. The Morgan fingerprint density at radius 1 is 0.551 bits per heavy atom. The van der Waals surface area contributed by atoms with Crippen LogP contribution in [0.2, 0.25) is 49.9 Å². The van der Waals surface area contributed by atoms with Crippen molar-refractivity contribution in [1.82, 2.24) is 0 Å². The average molecular weight is 739 g/mol. The number of ether oxygens (including phenoxy) is 2. The van der Waals surface area contributed by atoms with Crippen molar-refractivity contribution in [3.8, 4) is 5.75 Å². The van der Waals surface area contributed by atoms with Gasteiger partial charge in [-0.3, -0.25) is 0 Å². The molecule has 1 aliphatic heterocycles. The summed E-state index contributed by atoms with van der Waals surface area (Å²) >= 11 is 0. The summed E-state index contributed by atoms with van der Waals surface area (Å²) in [5.41, 5.74) is 4.36. The third kappa shape index (κ3) is 8.82. The average Bonchev–Trinajstić information content (AvgIpc) is 2.98. The number of hydrogen-bond acceptors (Lipinski definition) is 6. The van der Waals surface area contributed by atoms with Crippen molar-refractivity contribution in [1.29, 1.82) is 0 Å². The number of rotatable bonds is 18. The van der Waals surface area contributed by atoms with E-state index in [1.165, 1.54) is 0 Å². The van der Waals surface area contributed by atoms with E-state index in [0.717, 1.165) is 11.3 Å². The van der Waals surface area contributed by atoms with E-state index in [9.17, 15) is 5.11 Å². The van der Waals surface area contributed by atoms with Gasteiger partial charge in [-0.15, -0.1) is 0 Å². The minimum Gasteiger partial charge on any atom is -0.497 e. The Labute approximate surface area is 306 Å². The third-order valence-electron chi connectivity index (χ3n) is 12.4. The molecule has 1 aromatic rings. The molecule has 0 bridgehead atoms. The summed E-state index contributed by atoms with van der Waals surface area (Å²) in [6.07, 6.45) is -2.96. The van der Waals surface area contributed by atoms with Crippen molar-refractivity contribution in [2.24, 2.45) is 0 Å². The molecular formula is C40H78O6Si3. The Bertz CT molecular complexity index is 1050. The molecule has 1 aliphatic rings. The molecule has 0 saturated carbocycles. The fourth-order valence-corrected chi connectivity index (χ4v) is 27.0. The van der Waals surface area contributed by atoms with Crippen LogP contribution < -0.4 is 4.74 Å². The summed E-state index contributed by atoms with van der Waals surface area (Å²) in [5, 5.41) is 12.7. The van der Waals surface area contributed by atoms with E-state index in [4.69, 9.17) is 22.8 Å². The summed E-state index contributed by atoms with van der Waals surface area (Å²) in [6, 6.07) is 7.94. The van der Waals surface area contributed by atoms with Gasteiger partial charge in [0.05, 0.1) is 13.7 Å². The van der Waals surface area contributed by atoms with Crippen LogP contribution in [0.4, 0.5) is 0 Å². The van der Waals surface area contributed by atoms with E-state index < -0.39 is 55.5 Å². The lowest BCUT2D eigenvalue weighted by atomic mass is 9.91. The fraction of sp³-hybridized carbons (Fsp3) is 0.850. The molecule has 1 N–H and O–H groups in total. The highest BCUT2D eigenvalue weighted by atomic mass is 28.4. The van der Waals surface area contributed by atoms with Crippen molar-refractivity contribution < 1.29 is 27.9 Å². The van der Waals surface area contributed by atoms with E-state index in [-0.39, 0.29) is 0 Å². The third-order valence-corrected chi connectivity index (χ3v) is 30.7. The van der Waals surface area contributed by atoms with Crippen molar-refractivity contribution >= 4 is 25.0 Å². The number of aliphatic hydroxyl groups excluding tert-OH is 1. The van der Waals surface area contributed by atoms with E-state index in [1.54, 1.807) is 7.11 Å². The van der Waals surface area contributed by atoms with Gasteiger partial charge in [0.15, 0.2) is 8.32 Å². The van der Waals surface area contributed by atoms with Gasteiger partial charge in [-0.05, 0) is 67.6 Å². The van der Waals surface area contributed by atoms with Crippen LogP contribution in [0, 0.1) is 0 Å². The Kier molecular flexibility index (Phi) is 16.4. The normalized spacial score (nSPS) is 23.2. The number of hydrogen-bond donors (Lipinski definition) is 1. The molecule has 0 aromatic heterocycles. The molecular weight excluding hydrogens is 661 g/mol. The first-order valence-corrected chi connectivity index (χ1v) is 26.0. The van der Waals surface area contributed by atoms with Crippen molar-refractivity contribution in [3.63, 3.8) is 0 Å². The highest BCUT2D eigenvalue weighted by Crippen LogP contribution is 2.50. The smallest absolute Gasteiger partial charge is 0.201 e. The van der Waals surface area contributed by atoms with Gasteiger partial charge in [0.25, 0.3) is 0 Å². The number of methoxy groups -OCH3 is 1. The van der Waals surface area contributed by atoms with Crippen molar-refractivity contribution in [3.05, 3.63) is 29.8 Å². The van der Waals surface area contributed by atoms with Gasteiger partial charge < -0.3 is 27.9 Å². The topological polar surface area (TPSA) is 66.4 Å². The second kappa shape index (κ2) is 18.0. The standard InChI is InChI=1S/C40H78O6Si3/c1-25(2)47(26(3)4,27(5)6)43-24-36-39(45-48(28(7)8,29(9)10)30(11)12)40(46-49(31(13)14,32(15)16)33(17)18)37(41)38(44-36)34-20-22-35(42-19)23-21-34/h20-23,25-33,36-41H,24H2,1-19H3/t36-,37+,38+,39-,40-/m1/s1. The minimum atomic E-state index is -2.48. The first-order valence-electron chi connectivity index (χ1n) is 19.6. The summed E-state index contributed by atoms with van der Waals surface area (Å²) in [6.45, 7) is 42.3. The molecule has 1 heterocycles. The zero-order chi connectivity index (χ0) is 37.8. The fourth-order valence-electron chi connectivity index (χ4n) is 10.4. The molecule has 286 valence electrons. The van der Waals surface area contributed by atoms with Gasteiger partial charge in [0, 0.05) is 0 Å². The zero-order valence-electron chi connectivity index (χ0n) is 35.1. The zero-order valence-corrected chi connectivity index (χ0v) is 38.1. The molecule has 0 aliphatic carbocycles. The molecule has 0 spiro atoms. The molecule has 1 aromatic carbocycles. The van der Waals surface area contributed by atoms with Crippen LogP contribution in [-0.4, -0.2) is 68.2 Å². The highest BCUT2D eigenvalue weighted by Gasteiger charge is 2.58. The second-order valence-corrected chi connectivity index (χ2v) is 34.1. The predicted molar refractivity (Wildman–Crippen MR) is 215 cm³/mol. The van der Waals surface area contributed by atoms with Crippen LogP contribution in [0.1, 0.15) is 136 Å². The Balaban J connectivity index is 2.95. The van der Waals surface area contributed by atoms with Gasteiger partial charge in [-0.25, -0.2) is 0 Å². The van der Waals surface area contributed by atoms with Gasteiger partial charge >= 0.3 is 0 Å². The number of aliphatic hydroxyl groups is 1. The van der Waals surface area contributed by atoms with Gasteiger partial charge in [-0.1, -0.05) is 137 Å². The molecule has 5 atom stereocenters. The Hall–Kier alpha value is -0.529. The van der Waals surface area contributed by atoms with Crippen LogP contribution in [0.5, 0.6) is 5.75 Å². The molecule has 6 nitrogen and oxygen atoms in total. The van der Waals surface area contributed by atoms with Crippen LogP contribution in [0.3, 0.4) is 0 Å². The first-order chi connectivity index (χ1) is 22.6. The lowest BCUT2D eigenvalue weighted by molar-refractivity contribution is -0.223. The van der Waals surface area contributed by atoms with Crippen LogP contribution in [0.25, 0.3) is 0 Å². The summed E-state index contributed by atoms with van der Waals surface area (Å²) < 4.78 is 35.5. The van der Waals surface area contributed by atoms with E-state index in [0.29, 0.717) is 56.5 Å². The van der Waals surface area contributed by atoms with Crippen molar-refractivity contribution in [2.45, 2.75) is 205 Å². The summed E-state index contributed by atoms with van der Waals surface area (Å²) in [4.78, 5) is 0. The minimum absolute atomic E-state index is 0.350. The summed E-state index contributed by atoms with van der Waals surface area (Å²) in [5.74, 6) is 0.775. The molecule has 0 radical (unpaired) electrons. The highest BCUT2D eigenvalue weighted by molar-refractivity contribution is 6.78. The lowest BCUT2D eigenvalue weighted by Crippen LogP contribution is -2.66. The van der Waals surface area contributed by atoms with Crippen LogP contribution in [0.15, 0.2) is 24.3 Å². The van der Waals surface area contributed by atoms with E-state index in [1.807, 2.05) is 24.3 Å². The van der Waals surface area contributed by atoms with Gasteiger partial charge in [0.2, 0.25) is 16.6 Å². The maximum Gasteiger partial charge on any atom is 0.201 e. The monoisotopic (exact) mass is 739 g/mol. The van der Waals surface area contributed by atoms with Crippen LogP contribution in [-0.2, 0) is 18.0 Å². The lowest BCUT2D eigenvalue weighted by Gasteiger charge is -2.55. The predicted octanol–water partition coefficient (Wildman–Crippen LogP) is 11.8. The van der Waals surface area contributed by atoms with Crippen molar-refractivity contribution in [2.75, 3.05) is 13.7 Å². The van der Waals surface area contributed by atoms with E-state index >= 15 is 0 Å². The quantitative estimate of drug-likeness (QED) is 0.151. The van der Waals surface area contributed by atoms with Gasteiger partial charge in [-0.2, -0.15) is 0 Å². The molecule has 0 amide bonds. The molecule has 1 fully saturated rings. The van der Waals surface area contributed by atoms with Gasteiger partial charge in [0.1, 0.15) is 36.3 Å². The number of benzene rings is 1. The Morgan fingerprint density at radius 3 is 1.22 bits per heavy atom. The maximum atomic E-state index is 12.7. The second-order valence-electron chi connectivity index (χ2n) is 17.8.